The van der Waals surface area contributed by atoms with Gasteiger partial charge in [-0.05, 0) is 18.8 Å². The van der Waals surface area contributed by atoms with Crippen molar-refractivity contribution in [2.24, 2.45) is 4.99 Å². The summed E-state index contributed by atoms with van der Waals surface area (Å²) in [5.41, 5.74) is 0.875. The van der Waals surface area contributed by atoms with Crippen molar-refractivity contribution in [1.82, 2.24) is 0 Å². The van der Waals surface area contributed by atoms with E-state index in [0.717, 1.165) is 10.6 Å². The minimum absolute atomic E-state index is 0.875. The quantitative estimate of drug-likeness (QED) is 0.357. The number of rotatable bonds is 2. The van der Waals surface area contributed by atoms with Gasteiger partial charge in [0, 0.05) is 5.70 Å². The SMILES string of the molecule is COC=N/C(C)=C(\C)S. The molecule has 0 rings (SSSR count). The summed E-state index contributed by atoms with van der Waals surface area (Å²) in [7, 11) is 1.56. The Balaban J connectivity index is 3.91. The molecule has 0 aliphatic heterocycles. The van der Waals surface area contributed by atoms with Gasteiger partial charge in [-0.15, -0.1) is 12.6 Å². The molecule has 0 saturated heterocycles. The lowest BCUT2D eigenvalue weighted by atomic mass is 10.5. The number of methoxy groups -OCH3 is 1. The third-order valence-corrected chi connectivity index (χ3v) is 1.20. The second-order valence-corrected chi connectivity index (χ2v) is 2.31. The van der Waals surface area contributed by atoms with E-state index < -0.39 is 0 Å². The third kappa shape index (κ3) is 4.09. The highest BCUT2D eigenvalue weighted by Gasteiger charge is 1.84. The summed E-state index contributed by atoms with van der Waals surface area (Å²) >= 11 is 4.08. The fourth-order valence-corrected chi connectivity index (χ4v) is 0.283. The van der Waals surface area contributed by atoms with Gasteiger partial charge in [0.1, 0.15) is 0 Å². The van der Waals surface area contributed by atoms with Gasteiger partial charge >= 0.3 is 0 Å². The van der Waals surface area contributed by atoms with Crippen LogP contribution in [0, 0.1) is 0 Å². The smallest absolute Gasteiger partial charge is 0.173 e. The van der Waals surface area contributed by atoms with Crippen LogP contribution in [0.3, 0.4) is 0 Å². The number of ether oxygens (including phenoxy) is 1. The highest BCUT2D eigenvalue weighted by atomic mass is 32.1. The fourth-order valence-electron chi connectivity index (χ4n) is 0.225. The molecule has 0 aromatic carbocycles. The van der Waals surface area contributed by atoms with Gasteiger partial charge in [0.05, 0.1) is 7.11 Å². The van der Waals surface area contributed by atoms with E-state index in [1.54, 1.807) is 7.11 Å². The third-order valence-electron chi connectivity index (χ3n) is 0.875. The molecule has 0 heterocycles. The summed E-state index contributed by atoms with van der Waals surface area (Å²) in [5.74, 6) is 0. The maximum Gasteiger partial charge on any atom is 0.173 e. The minimum atomic E-state index is 0.875. The van der Waals surface area contributed by atoms with Crippen molar-refractivity contribution in [3.63, 3.8) is 0 Å². The summed E-state index contributed by atoms with van der Waals surface area (Å²) < 4.78 is 4.60. The monoisotopic (exact) mass is 145 g/mol. The van der Waals surface area contributed by atoms with Crippen LogP contribution in [0.2, 0.25) is 0 Å². The minimum Gasteiger partial charge on any atom is -0.486 e. The molecule has 52 valence electrons. The Labute approximate surface area is 61.0 Å². The zero-order valence-electron chi connectivity index (χ0n) is 5.88. The van der Waals surface area contributed by atoms with Gasteiger partial charge in [0.2, 0.25) is 0 Å². The van der Waals surface area contributed by atoms with Gasteiger partial charge in [-0.2, -0.15) is 0 Å². The van der Waals surface area contributed by atoms with Crippen LogP contribution in [-0.2, 0) is 4.74 Å². The predicted molar refractivity (Wildman–Crippen MR) is 42.9 cm³/mol. The van der Waals surface area contributed by atoms with Crippen molar-refractivity contribution in [3.05, 3.63) is 10.6 Å². The molecule has 0 unspecified atom stereocenters. The molecule has 0 amide bonds. The van der Waals surface area contributed by atoms with Crippen LogP contribution < -0.4 is 0 Å². The largest absolute Gasteiger partial charge is 0.486 e. The molecule has 0 fully saturated rings. The number of allylic oxidation sites excluding steroid dienone is 2. The molecule has 9 heavy (non-hydrogen) atoms. The number of nitrogens with zero attached hydrogens (tertiary/aromatic N) is 1. The average molecular weight is 145 g/mol. The molecule has 0 saturated carbocycles. The molecule has 0 aromatic heterocycles. The average Bonchev–Trinajstić information content (AvgIpc) is 1.82. The molecule has 0 aliphatic rings. The summed E-state index contributed by atoms with van der Waals surface area (Å²) in [5, 5.41) is 0. The molecular weight excluding hydrogens is 134 g/mol. The lowest BCUT2D eigenvalue weighted by molar-refractivity contribution is 0.422. The first-order chi connectivity index (χ1) is 4.18. The van der Waals surface area contributed by atoms with Crippen molar-refractivity contribution in [2.45, 2.75) is 13.8 Å². The highest BCUT2D eigenvalue weighted by molar-refractivity contribution is 7.84. The molecule has 0 bridgehead atoms. The lowest BCUT2D eigenvalue weighted by Crippen LogP contribution is -1.78. The Kier molecular flexibility index (Phi) is 4.22. The van der Waals surface area contributed by atoms with Gasteiger partial charge < -0.3 is 4.74 Å². The van der Waals surface area contributed by atoms with E-state index in [2.05, 4.69) is 22.4 Å². The van der Waals surface area contributed by atoms with E-state index in [-0.39, 0.29) is 0 Å². The van der Waals surface area contributed by atoms with Gasteiger partial charge in [-0.1, -0.05) is 0 Å². The van der Waals surface area contributed by atoms with Gasteiger partial charge in [-0.25, -0.2) is 4.99 Å². The second kappa shape index (κ2) is 4.44. The van der Waals surface area contributed by atoms with E-state index in [1.165, 1.54) is 6.40 Å². The Hall–Kier alpha value is -0.440. The zero-order chi connectivity index (χ0) is 7.28. The molecule has 2 nitrogen and oxygen atoms in total. The molecule has 0 radical (unpaired) electrons. The Morgan fingerprint density at radius 1 is 1.56 bits per heavy atom. The first-order valence-corrected chi connectivity index (χ1v) is 3.05. The van der Waals surface area contributed by atoms with Gasteiger partial charge in [0.25, 0.3) is 0 Å². The number of aliphatic imine (C=N–C) groups is 1. The summed E-state index contributed by atoms with van der Waals surface area (Å²) in [6.07, 6.45) is 1.38. The molecular formula is C6H11NOS. The topological polar surface area (TPSA) is 21.6 Å². The fraction of sp³-hybridized carbons (Fsp3) is 0.500. The molecule has 0 aliphatic carbocycles. The number of hydrogen-bond acceptors (Lipinski definition) is 3. The molecule has 3 heteroatoms. The molecule has 0 atom stereocenters. The number of thiol groups is 1. The first kappa shape index (κ1) is 8.56. The summed E-state index contributed by atoms with van der Waals surface area (Å²) in [6.45, 7) is 3.75. The van der Waals surface area contributed by atoms with Gasteiger partial charge in [-0.3, -0.25) is 0 Å². The van der Waals surface area contributed by atoms with Crippen LogP contribution in [0.5, 0.6) is 0 Å². The summed E-state index contributed by atoms with van der Waals surface area (Å²) in [6, 6.07) is 0. The van der Waals surface area contributed by atoms with Crippen LogP contribution in [-0.4, -0.2) is 13.5 Å². The van der Waals surface area contributed by atoms with E-state index in [0.29, 0.717) is 0 Å². The molecule has 0 spiro atoms. The van der Waals surface area contributed by atoms with Crippen LogP contribution in [0.4, 0.5) is 0 Å². The normalized spacial score (nSPS) is 13.8. The van der Waals surface area contributed by atoms with Crippen molar-refractivity contribution >= 4 is 19.0 Å². The standard InChI is InChI=1S/C6H11NOS/c1-5(6(2)9)7-4-8-3/h4,9H,1-3H3/b6-5+,7-4?. The van der Waals surface area contributed by atoms with Gasteiger partial charge in [0.15, 0.2) is 6.40 Å². The zero-order valence-corrected chi connectivity index (χ0v) is 6.77. The predicted octanol–water partition coefficient (Wildman–Crippen LogP) is 1.84. The van der Waals surface area contributed by atoms with E-state index >= 15 is 0 Å². The van der Waals surface area contributed by atoms with Crippen molar-refractivity contribution < 1.29 is 4.74 Å². The molecule has 0 N–H and O–H groups in total. The maximum atomic E-state index is 4.60. The lowest BCUT2D eigenvalue weighted by Gasteiger charge is -1.92. The Bertz CT molecular complexity index is 136. The first-order valence-electron chi connectivity index (χ1n) is 2.60. The van der Waals surface area contributed by atoms with Crippen molar-refractivity contribution in [1.29, 1.82) is 0 Å². The second-order valence-electron chi connectivity index (χ2n) is 1.64. The Morgan fingerprint density at radius 3 is 2.44 bits per heavy atom. The molecule has 0 aromatic rings. The summed E-state index contributed by atoms with van der Waals surface area (Å²) in [4.78, 5) is 4.80. The van der Waals surface area contributed by atoms with Crippen LogP contribution in [0.25, 0.3) is 0 Å². The van der Waals surface area contributed by atoms with Crippen molar-refractivity contribution in [2.75, 3.05) is 7.11 Å². The Morgan fingerprint density at radius 2 is 2.11 bits per heavy atom. The number of hydrogen-bond donors (Lipinski definition) is 1. The van der Waals surface area contributed by atoms with E-state index in [9.17, 15) is 0 Å². The van der Waals surface area contributed by atoms with Crippen LogP contribution >= 0.6 is 12.6 Å². The van der Waals surface area contributed by atoms with Crippen molar-refractivity contribution in [3.8, 4) is 0 Å². The highest BCUT2D eigenvalue weighted by Crippen LogP contribution is 2.06. The maximum absolute atomic E-state index is 4.60. The van der Waals surface area contributed by atoms with E-state index in [4.69, 9.17) is 0 Å². The van der Waals surface area contributed by atoms with Crippen LogP contribution in [0.1, 0.15) is 13.8 Å². The van der Waals surface area contributed by atoms with Crippen LogP contribution in [0.15, 0.2) is 15.6 Å². The van der Waals surface area contributed by atoms with E-state index in [1.807, 2.05) is 13.8 Å².